The second kappa shape index (κ2) is 23.3. The van der Waals surface area contributed by atoms with Gasteiger partial charge in [-0.15, -0.1) is 0 Å². The molecule has 1 saturated carbocycles. The molecule has 2 atom stereocenters. The number of hydrogen-bond donors (Lipinski definition) is 1. The van der Waals surface area contributed by atoms with E-state index in [9.17, 15) is 5.11 Å². The number of aliphatic hydroxyl groups excluding tert-OH is 1. The van der Waals surface area contributed by atoms with Gasteiger partial charge in [0.25, 0.3) is 0 Å². The molecule has 1 aliphatic heterocycles. The fraction of sp³-hybridized carbons (Fsp3) is 0.722. The fourth-order valence-electron chi connectivity index (χ4n) is 2.19. The summed E-state index contributed by atoms with van der Waals surface area (Å²) in [7, 11) is 0. The molecule has 0 aromatic heterocycles. The van der Waals surface area contributed by atoms with Crippen molar-refractivity contribution in [2.75, 3.05) is 6.61 Å². The smallest absolute Gasteiger partial charge is 2.00 e. The van der Waals surface area contributed by atoms with Crippen LogP contribution in [0.2, 0.25) is 0 Å². The van der Waals surface area contributed by atoms with E-state index in [2.05, 4.69) is 25.9 Å². The third-order valence-corrected chi connectivity index (χ3v) is 3.27. The summed E-state index contributed by atoms with van der Waals surface area (Å²) in [6.07, 6.45) is 14.4. The van der Waals surface area contributed by atoms with Crippen LogP contribution in [0.1, 0.15) is 58.8 Å². The van der Waals surface area contributed by atoms with Gasteiger partial charge in [0.05, 0.1) is 12.7 Å². The van der Waals surface area contributed by atoms with Crippen molar-refractivity contribution < 1.29 is 49.6 Å². The molecular formula is C18H25O6W+. The summed E-state index contributed by atoms with van der Waals surface area (Å²) in [4.78, 5) is 0. The van der Waals surface area contributed by atoms with Crippen molar-refractivity contribution in [3.8, 4) is 5.92 Å². The third kappa shape index (κ3) is 19.5. The van der Waals surface area contributed by atoms with Gasteiger partial charge in [0, 0.05) is 0 Å². The summed E-state index contributed by atoms with van der Waals surface area (Å²) in [6.45, 7) is 17.6. The molecule has 0 bridgehead atoms. The minimum absolute atomic E-state index is 0. The minimum atomic E-state index is -0.583. The summed E-state index contributed by atoms with van der Waals surface area (Å²) in [5.41, 5.74) is 0. The first-order chi connectivity index (χ1) is 11.5. The van der Waals surface area contributed by atoms with E-state index >= 15 is 0 Å². The van der Waals surface area contributed by atoms with Gasteiger partial charge >= 0.3 is 55.0 Å². The topological polar surface area (TPSA) is 98.4 Å². The number of aliphatic hydroxyl groups is 1. The number of rotatable bonds is 3. The third-order valence-electron chi connectivity index (χ3n) is 3.27. The standard InChI is InChI=1S/C10H15O3.C5H10.3CO.W/c1-4-5-6-8(11)9-7-12-10(2,3)13-9;1-2-4-5-3-1;3*1-2;/h8-9,11H,5-7H2,2-3H3;1-5H2;;;;/q-1;;;;;+2/t8-,9-;;;;;/m1...../s1. The van der Waals surface area contributed by atoms with Crippen LogP contribution in [0, 0.1) is 32.3 Å². The quantitative estimate of drug-likeness (QED) is 0.352. The number of hydrogen-bond acceptors (Lipinski definition) is 3. The van der Waals surface area contributed by atoms with Crippen molar-refractivity contribution in [1.82, 2.24) is 0 Å². The van der Waals surface area contributed by atoms with Crippen LogP contribution in [0.4, 0.5) is 0 Å². The average Bonchev–Trinajstić information content (AvgIpc) is 3.31. The van der Waals surface area contributed by atoms with Crippen LogP contribution < -0.4 is 0 Å². The Balaban J connectivity index is -0.000000154. The maximum atomic E-state index is 9.58. The molecule has 25 heavy (non-hydrogen) atoms. The van der Waals surface area contributed by atoms with Gasteiger partial charge in [-0.05, 0) is 26.7 Å². The molecule has 1 heterocycles. The Morgan fingerprint density at radius 3 is 1.72 bits per heavy atom. The van der Waals surface area contributed by atoms with Crippen LogP contribution in [0.15, 0.2) is 0 Å². The van der Waals surface area contributed by atoms with Crippen LogP contribution in [0.5, 0.6) is 0 Å². The molecule has 0 aromatic carbocycles. The second-order valence-corrected chi connectivity index (χ2v) is 5.42. The Bertz CT molecular complexity index is 357. The Hall–Kier alpha value is -0.652. The van der Waals surface area contributed by atoms with Crippen LogP contribution in [0.3, 0.4) is 0 Å². The molecule has 0 amide bonds. The van der Waals surface area contributed by atoms with E-state index in [1.165, 1.54) is 32.1 Å². The largest absolute Gasteiger partial charge is 2.00 e. The monoisotopic (exact) mass is 521 g/mol. The molecular weight excluding hydrogens is 496 g/mol. The molecule has 6 nitrogen and oxygen atoms in total. The SMILES string of the molecule is C1CCCC1.[C-]#CCC[C@@H](O)[C@H]1COC(C)(C)O1.[C-]#[O+].[C-]#[O+].[C-]#[O+].[W+2]. The molecule has 0 spiro atoms. The van der Waals surface area contributed by atoms with Gasteiger partial charge in [-0.2, -0.15) is 0 Å². The predicted octanol–water partition coefficient (Wildman–Crippen LogP) is 2.70. The van der Waals surface area contributed by atoms with Gasteiger partial charge in [-0.1, -0.05) is 32.1 Å². The van der Waals surface area contributed by atoms with Gasteiger partial charge in [-0.25, -0.2) is 0 Å². The summed E-state index contributed by atoms with van der Waals surface area (Å²) in [6, 6.07) is 0. The molecule has 0 aromatic rings. The molecule has 7 heteroatoms. The van der Waals surface area contributed by atoms with E-state index in [1.54, 1.807) is 0 Å². The first-order valence-corrected chi connectivity index (χ1v) is 7.56. The van der Waals surface area contributed by atoms with Gasteiger partial charge in [0.2, 0.25) is 0 Å². The van der Waals surface area contributed by atoms with Crippen molar-refractivity contribution in [1.29, 1.82) is 0 Å². The molecule has 2 aliphatic rings. The summed E-state index contributed by atoms with van der Waals surface area (Å²) in [5.74, 6) is 1.65. The Kier molecular flexibility index (Phi) is 29.9. The molecule has 138 valence electrons. The molecule has 2 rings (SSSR count). The Morgan fingerprint density at radius 2 is 1.44 bits per heavy atom. The molecule has 1 N–H and O–H groups in total. The minimum Gasteiger partial charge on any atom is 2.00 e. The maximum Gasteiger partial charge on any atom is 2.00 e. The molecule has 2 fully saturated rings. The van der Waals surface area contributed by atoms with E-state index in [-0.39, 0.29) is 27.2 Å². The first-order valence-electron chi connectivity index (χ1n) is 7.56. The Morgan fingerprint density at radius 1 is 1.04 bits per heavy atom. The van der Waals surface area contributed by atoms with E-state index < -0.39 is 11.9 Å². The Labute approximate surface area is 165 Å². The maximum absolute atomic E-state index is 9.58. The van der Waals surface area contributed by atoms with E-state index in [1.807, 2.05) is 13.8 Å². The first kappa shape index (κ1) is 32.1. The van der Waals surface area contributed by atoms with Crippen molar-refractivity contribution >= 4 is 0 Å². The van der Waals surface area contributed by atoms with Crippen LogP contribution in [-0.2, 0) is 44.5 Å². The van der Waals surface area contributed by atoms with Crippen LogP contribution in [-0.4, -0.2) is 29.7 Å². The van der Waals surface area contributed by atoms with E-state index in [0.29, 0.717) is 19.4 Å². The number of ether oxygens (including phenoxy) is 2. The average molecular weight is 521 g/mol. The van der Waals surface area contributed by atoms with Crippen molar-refractivity contribution in [3.63, 3.8) is 0 Å². The van der Waals surface area contributed by atoms with Crippen molar-refractivity contribution in [3.05, 3.63) is 26.4 Å². The van der Waals surface area contributed by atoms with Crippen LogP contribution in [0.25, 0.3) is 0 Å². The summed E-state index contributed by atoms with van der Waals surface area (Å²) >= 11 is 0. The molecule has 1 aliphatic carbocycles. The zero-order chi connectivity index (χ0) is 19.4. The zero-order valence-corrected chi connectivity index (χ0v) is 17.6. The summed E-state index contributed by atoms with van der Waals surface area (Å²) < 4.78 is 33.3. The summed E-state index contributed by atoms with van der Waals surface area (Å²) in [5, 5.41) is 9.58. The normalized spacial score (nSPS) is 19.8. The molecule has 0 radical (unpaired) electrons. The van der Waals surface area contributed by atoms with Gasteiger partial charge in [0.15, 0.2) is 5.79 Å². The van der Waals surface area contributed by atoms with Gasteiger partial charge in [-0.3, -0.25) is 0 Å². The van der Waals surface area contributed by atoms with Crippen LogP contribution >= 0.6 is 0 Å². The van der Waals surface area contributed by atoms with Gasteiger partial charge in [0.1, 0.15) is 6.10 Å². The van der Waals surface area contributed by atoms with Crippen molar-refractivity contribution in [2.45, 2.75) is 76.8 Å². The van der Waals surface area contributed by atoms with Crippen molar-refractivity contribution in [2.24, 2.45) is 0 Å². The fourth-order valence-corrected chi connectivity index (χ4v) is 2.19. The van der Waals surface area contributed by atoms with E-state index in [0.717, 1.165) is 0 Å². The molecule has 1 saturated heterocycles. The second-order valence-electron chi connectivity index (χ2n) is 5.42. The predicted molar refractivity (Wildman–Crippen MR) is 82.1 cm³/mol. The van der Waals surface area contributed by atoms with E-state index in [4.69, 9.17) is 29.9 Å². The van der Waals surface area contributed by atoms with Gasteiger partial charge < -0.3 is 26.9 Å². The zero-order valence-electron chi connectivity index (χ0n) is 14.7. The molecule has 0 unspecified atom stereocenters.